The Hall–Kier alpha value is -2.15. The van der Waals surface area contributed by atoms with E-state index in [1.807, 2.05) is 23.9 Å². The lowest BCUT2D eigenvalue weighted by atomic mass is 9.93. The van der Waals surface area contributed by atoms with E-state index in [4.69, 9.17) is 10.8 Å². The smallest absolute Gasteiger partial charge is 0.222 e. The second-order valence-corrected chi connectivity index (χ2v) is 5.69. The topological polar surface area (TPSA) is 93.1 Å². The third-order valence-electron chi connectivity index (χ3n) is 4.16. The number of hydrogen-bond donors (Lipinski definition) is 2. The molecule has 1 saturated heterocycles. The van der Waals surface area contributed by atoms with Crippen molar-refractivity contribution in [1.82, 2.24) is 19.7 Å². The van der Waals surface area contributed by atoms with Crippen molar-refractivity contribution in [2.75, 3.05) is 30.3 Å². The number of aromatic nitrogens is 4. The highest BCUT2D eigenvalue weighted by atomic mass is 16.3. The van der Waals surface area contributed by atoms with E-state index in [0.717, 1.165) is 37.4 Å². The van der Waals surface area contributed by atoms with E-state index in [0.29, 0.717) is 18.4 Å². The highest BCUT2D eigenvalue weighted by molar-refractivity contribution is 5.43. The number of aliphatic hydroxyl groups is 1. The summed E-state index contributed by atoms with van der Waals surface area (Å²) in [6.45, 7) is 4.48. The van der Waals surface area contributed by atoms with Gasteiger partial charge in [-0.15, -0.1) is 0 Å². The number of aryl methyl sites for hydroxylation is 1. The number of aliphatic hydroxyl groups excluding tert-OH is 1. The number of nitrogens with two attached hydrogens (primary N) is 1. The molecule has 0 aliphatic carbocycles. The van der Waals surface area contributed by atoms with Gasteiger partial charge in [-0.25, -0.2) is 4.98 Å². The van der Waals surface area contributed by atoms with Gasteiger partial charge in [0.25, 0.3) is 0 Å². The third-order valence-corrected chi connectivity index (χ3v) is 4.16. The number of anilines is 2. The molecule has 0 bridgehead atoms. The average Bonchev–Trinajstić information content (AvgIpc) is 2.95. The fourth-order valence-electron chi connectivity index (χ4n) is 3.11. The molecule has 3 N–H and O–H groups in total. The lowest BCUT2D eigenvalue weighted by Gasteiger charge is -2.33. The molecule has 0 unspecified atom stereocenters. The molecule has 1 aliphatic rings. The largest absolute Gasteiger partial charge is 0.394 e. The minimum absolute atomic E-state index is 0.118. The van der Waals surface area contributed by atoms with Gasteiger partial charge in [-0.1, -0.05) is 0 Å². The van der Waals surface area contributed by atoms with Crippen molar-refractivity contribution < 1.29 is 5.11 Å². The lowest BCUT2D eigenvalue weighted by Crippen LogP contribution is -2.34. The van der Waals surface area contributed by atoms with Crippen LogP contribution in [-0.4, -0.2) is 44.6 Å². The van der Waals surface area contributed by atoms with E-state index >= 15 is 0 Å². The molecule has 0 spiro atoms. The Morgan fingerprint density at radius 1 is 1.32 bits per heavy atom. The monoisotopic (exact) mass is 302 g/mol. The number of rotatable bonds is 4. The van der Waals surface area contributed by atoms with E-state index < -0.39 is 0 Å². The summed E-state index contributed by atoms with van der Waals surface area (Å²) in [5.74, 6) is 1.72. The molecule has 7 heteroatoms. The summed E-state index contributed by atoms with van der Waals surface area (Å²) in [6, 6.07) is 4.04. The van der Waals surface area contributed by atoms with Gasteiger partial charge in [0.05, 0.1) is 13.2 Å². The Bertz CT molecular complexity index is 612. The summed E-state index contributed by atoms with van der Waals surface area (Å²) < 4.78 is 1.91. The van der Waals surface area contributed by atoms with Crippen molar-refractivity contribution in [1.29, 1.82) is 0 Å². The molecule has 7 nitrogen and oxygen atoms in total. The highest BCUT2D eigenvalue weighted by Crippen LogP contribution is 2.30. The molecule has 0 radical (unpaired) electrons. The predicted octanol–water partition coefficient (Wildman–Crippen LogP) is 0.940. The van der Waals surface area contributed by atoms with E-state index in [1.165, 1.54) is 5.69 Å². The molecule has 0 atom stereocenters. The van der Waals surface area contributed by atoms with Crippen molar-refractivity contribution in [2.45, 2.75) is 32.2 Å². The summed E-state index contributed by atoms with van der Waals surface area (Å²) in [4.78, 5) is 10.7. The number of hydrogen-bond acceptors (Lipinski definition) is 6. The quantitative estimate of drug-likeness (QED) is 0.873. The summed E-state index contributed by atoms with van der Waals surface area (Å²) in [5, 5.41) is 13.4. The van der Waals surface area contributed by atoms with Gasteiger partial charge in [0.15, 0.2) is 0 Å². The predicted molar refractivity (Wildman–Crippen MR) is 84.7 cm³/mol. The van der Waals surface area contributed by atoms with E-state index in [-0.39, 0.29) is 6.61 Å². The first-order valence-corrected chi connectivity index (χ1v) is 7.66. The van der Waals surface area contributed by atoms with E-state index in [1.54, 1.807) is 0 Å². The van der Waals surface area contributed by atoms with Gasteiger partial charge in [-0.05, 0) is 25.8 Å². The maximum atomic E-state index is 9.11. The van der Waals surface area contributed by atoms with Crippen LogP contribution in [0.25, 0.3) is 0 Å². The fraction of sp³-hybridized carbons (Fsp3) is 0.533. The lowest BCUT2D eigenvalue weighted by molar-refractivity contribution is 0.265. The summed E-state index contributed by atoms with van der Waals surface area (Å²) >= 11 is 0. The minimum atomic E-state index is 0.118. The first-order valence-electron chi connectivity index (χ1n) is 7.66. The van der Waals surface area contributed by atoms with Crippen molar-refractivity contribution in [3.63, 3.8) is 0 Å². The van der Waals surface area contributed by atoms with Crippen LogP contribution in [-0.2, 0) is 6.54 Å². The Labute approximate surface area is 129 Å². The molecule has 3 heterocycles. The van der Waals surface area contributed by atoms with Crippen LogP contribution >= 0.6 is 0 Å². The van der Waals surface area contributed by atoms with E-state index in [2.05, 4.69) is 26.0 Å². The summed E-state index contributed by atoms with van der Waals surface area (Å²) in [5.41, 5.74) is 7.85. The zero-order valence-electron chi connectivity index (χ0n) is 12.8. The van der Waals surface area contributed by atoms with Crippen LogP contribution in [0.2, 0.25) is 0 Å². The summed E-state index contributed by atoms with van der Waals surface area (Å²) in [7, 11) is 0. The van der Waals surface area contributed by atoms with Gasteiger partial charge < -0.3 is 15.7 Å². The van der Waals surface area contributed by atoms with Crippen LogP contribution in [0.4, 0.5) is 11.8 Å². The molecule has 0 aromatic carbocycles. The maximum Gasteiger partial charge on any atom is 0.222 e. The van der Waals surface area contributed by atoms with Crippen LogP contribution in [0.15, 0.2) is 18.3 Å². The molecule has 22 heavy (non-hydrogen) atoms. The summed E-state index contributed by atoms with van der Waals surface area (Å²) in [6.07, 6.45) is 3.89. The first kappa shape index (κ1) is 14.8. The number of nitrogens with zero attached hydrogens (tertiary/aromatic N) is 5. The molecule has 3 rings (SSSR count). The van der Waals surface area contributed by atoms with Crippen molar-refractivity contribution in [3.05, 3.63) is 29.7 Å². The second kappa shape index (κ2) is 6.31. The van der Waals surface area contributed by atoms with Gasteiger partial charge in [0.2, 0.25) is 5.95 Å². The van der Waals surface area contributed by atoms with Gasteiger partial charge in [0, 0.05) is 42.7 Å². The van der Waals surface area contributed by atoms with Crippen LogP contribution < -0.4 is 10.6 Å². The first-order chi connectivity index (χ1) is 10.7. The third kappa shape index (κ3) is 3.04. The molecule has 0 amide bonds. The molecule has 2 aromatic heterocycles. The Kier molecular flexibility index (Phi) is 4.24. The minimum Gasteiger partial charge on any atom is -0.394 e. The molecular formula is C15H22N6O. The average molecular weight is 302 g/mol. The van der Waals surface area contributed by atoms with Gasteiger partial charge >= 0.3 is 0 Å². The molecule has 2 aromatic rings. The normalized spacial score (nSPS) is 16.2. The van der Waals surface area contributed by atoms with Crippen molar-refractivity contribution in [3.8, 4) is 0 Å². The van der Waals surface area contributed by atoms with Gasteiger partial charge in [-0.3, -0.25) is 4.68 Å². The van der Waals surface area contributed by atoms with Gasteiger partial charge in [0.1, 0.15) is 5.82 Å². The molecule has 1 fully saturated rings. The molecule has 0 saturated carbocycles. The molecule has 118 valence electrons. The fourth-order valence-corrected chi connectivity index (χ4v) is 3.11. The Morgan fingerprint density at radius 3 is 2.77 bits per heavy atom. The maximum absolute atomic E-state index is 9.11. The van der Waals surface area contributed by atoms with Crippen LogP contribution in [0.5, 0.6) is 0 Å². The van der Waals surface area contributed by atoms with Crippen LogP contribution in [0, 0.1) is 6.92 Å². The van der Waals surface area contributed by atoms with Crippen LogP contribution in [0.1, 0.15) is 30.1 Å². The van der Waals surface area contributed by atoms with Crippen molar-refractivity contribution >= 4 is 11.8 Å². The standard InChI is InChI=1S/C15H22N6O/c1-11-10-14(19-15(16)18-11)20-6-3-12(4-7-20)13-2-5-17-21(13)8-9-22/h2,5,10,12,22H,3-4,6-9H2,1H3,(H2,16,18,19). The van der Waals surface area contributed by atoms with Crippen molar-refractivity contribution in [2.24, 2.45) is 0 Å². The van der Waals surface area contributed by atoms with Gasteiger partial charge in [-0.2, -0.15) is 10.1 Å². The number of nitrogen functional groups attached to an aromatic ring is 1. The second-order valence-electron chi connectivity index (χ2n) is 5.69. The SMILES string of the molecule is Cc1cc(N2CCC(c3ccnn3CCO)CC2)nc(N)n1. The Balaban J connectivity index is 1.68. The van der Waals surface area contributed by atoms with E-state index in [9.17, 15) is 0 Å². The van der Waals surface area contributed by atoms with Crippen LogP contribution in [0.3, 0.4) is 0 Å². The molecule has 1 aliphatic heterocycles. The zero-order valence-corrected chi connectivity index (χ0v) is 12.8. The Morgan fingerprint density at radius 2 is 2.09 bits per heavy atom. The highest BCUT2D eigenvalue weighted by Gasteiger charge is 2.24. The zero-order chi connectivity index (χ0) is 15.5. The number of piperidine rings is 1. The molecular weight excluding hydrogens is 280 g/mol.